The molecule has 0 N–H and O–H groups in total. The molecule has 1 heterocycles. The quantitative estimate of drug-likeness (QED) is 0.818. The van der Waals surface area contributed by atoms with Crippen molar-refractivity contribution in [1.82, 2.24) is 10.1 Å². The van der Waals surface area contributed by atoms with Gasteiger partial charge in [-0.3, -0.25) is 0 Å². The molecule has 0 amide bonds. The van der Waals surface area contributed by atoms with Gasteiger partial charge in [-0.25, -0.2) is 12.8 Å². The summed E-state index contributed by atoms with van der Waals surface area (Å²) in [5.41, 5.74) is 0.0655. The van der Waals surface area contributed by atoms with Crippen LogP contribution >= 0.6 is 0 Å². The smallest absolute Gasteiger partial charge is 0.255 e. The minimum atomic E-state index is -3.46. The molecule has 136 valence electrons. The summed E-state index contributed by atoms with van der Waals surface area (Å²) < 4.78 is 46.6. The molecule has 1 aromatic heterocycles. The average Bonchev–Trinajstić information content (AvgIpc) is 3.06. The summed E-state index contributed by atoms with van der Waals surface area (Å²) in [4.78, 5) is 3.91. The Morgan fingerprint density at radius 3 is 2.25 bits per heavy atom. The second-order valence-electron chi connectivity index (χ2n) is 4.25. The zero-order valence-electron chi connectivity index (χ0n) is 15.1. The molecule has 1 atom stereocenters. The lowest BCUT2D eigenvalue weighted by molar-refractivity contribution is 0.0886. The van der Waals surface area contributed by atoms with Crippen LogP contribution < -0.4 is 0 Å². The highest BCUT2D eigenvalue weighted by Crippen LogP contribution is 2.24. The van der Waals surface area contributed by atoms with Gasteiger partial charge in [0.25, 0.3) is 5.89 Å². The molecular formula is C16H25FN2O4S. The normalized spacial score (nSPS) is 11.7. The number of methoxy groups -OCH3 is 1. The largest absolute Gasteiger partial charge is 0.372 e. The molecule has 2 aromatic rings. The maximum atomic E-state index is 13.9. The molecule has 0 saturated carbocycles. The molecule has 1 unspecified atom stereocenters. The van der Waals surface area contributed by atoms with Gasteiger partial charge in [0.05, 0.1) is 10.5 Å². The minimum Gasteiger partial charge on any atom is -0.372 e. The van der Waals surface area contributed by atoms with Gasteiger partial charge in [-0.15, -0.1) is 0 Å². The van der Waals surface area contributed by atoms with E-state index in [-0.39, 0.29) is 22.2 Å². The molecule has 0 radical (unpaired) electrons. The van der Waals surface area contributed by atoms with Gasteiger partial charge in [0.1, 0.15) is 11.9 Å². The van der Waals surface area contributed by atoms with Crippen molar-refractivity contribution < 1.29 is 22.1 Å². The van der Waals surface area contributed by atoms with Gasteiger partial charge < -0.3 is 9.26 Å². The number of sulfone groups is 1. The van der Waals surface area contributed by atoms with Gasteiger partial charge in [-0.2, -0.15) is 4.98 Å². The van der Waals surface area contributed by atoms with Crippen LogP contribution in [-0.4, -0.2) is 31.9 Å². The number of hydrogen-bond donors (Lipinski definition) is 0. The monoisotopic (exact) mass is 360 g/mol. The first-order valence-electron chi connectivity index (χ1n) is 7.69. The summed E-state index contributed by atoms with van der Waals surface area (Å²) in [7, 11) is -1.98. The first-order valence-corrected chi connectivity index (χ1v) is 9.58. The lowest BCUT2D eigenvalue weighted by Gasteiger charge is -2.02. The second kappa shape index (κ2) is 10.1. The lowest BCUT2D eigenvalue weighted by atomic mass is 10.2. The van der Waals surface area contributed by atoms with Crippen LogP contribution in [0.5, 0.6) is 0 Å². The van der Waals surface area contributed by atoms with Crippen molar-refractivity contribution in [2.75, 3.05) is 13.4 Å². The molecule has 6 nitrogen and oxygen atoms in total. The fraction of sp³-hybridized carbons (Fsp3) is 0.500. The van der Waals surface area contributed by atoms with Gasteiger partial charge >= 0.3 is 0 Å². The Balaban J connectivity index is 0.00000123. The van der Waals surface area contributed by atoms with Crippen LogP contribution in [-0.2, 0) is 14.6 Å². The Bertz CT molecular complexity index is 729. The zero-order valence-corrected chi connectivity index (χ0v) is 15.9. The number of hydrogen-bond acceptors (Lipinski definition) is 6. The van der Waals surface area contributed by atoms with Crippen molar-refractivity contribution in [2.45, 2.75) is 45.6 Å². The van der Waals surface area contributed by atoms with E-state index in [0.29, 0.717) is 0 Å². The SMILES string of the molecule is CC.CC.COC(C)c1nc(-c2ccc(S(C)(=O)=O)cc2F)no1. The van der Waals surface area contributed by atoms with Crippen molar-refractivity contribution in [1.29, 1.82) is 0 Å². The van der Waals surface area contributed by atoms with E-state index in [1.165, 1.54) is 19.2 Å². The highest BCUT2D eigenvalue weighted by Gasteiger charge is 2.18. The first-order chi connectivity index (χ1) is 11.3. The van der Waals surface area contributed by atoms with E-state index in [1.54, 1.807) is 6.92 Å². The zero-order chi connectivity index (χ0) is 18.9. The number of aromatic nitrogens is 2. The molecule has 24 heavy (non-hydrogen) atoms. The Morgan fingerprint density at radius 2 is 1.79 bits per heavy atom. The maximum Gasteiger partial charge on any atom is 0.255 e. The van der Waals surface area contributed by atoms with Crippen LogP contribution in [0.2, 0.25) is 0 Å². The number of benzene rings is 1. The topological polar surface area (TPSA) is 82.3 Å². The summed E-state index contributed by atoms with van der Waals surface area (Å²) in [6.07, 6.45) is 0.600. The Kier molecular flexibility index (Phi) is 9.38. The summed E-state index contributed by atoms with van der Waals surface area (Å²) in [5.74, 6) is -0.471. The van der Waals surface area contributed by atoms with E-state index in [9.17, 15) is 12.8 Å². The molecule has 8 heteroatoms. The molecule has 0 aliphatic heterocycles. The minimum absolute atomic E-state index is 0.0430. The molecule has 0 spiro atoms. The Morgan fingerprint density at radius 1 is 1.21 bits per heavy atom. The van der Waals surface area contributed by atoms with E-state index in [2.05, 4.69) is 10.1 Å². The summed E-state index contributed by atoms with van der Waals surface area (Å²) >= 11 is 0. The molecule has 2 rings (SSSR count). The fourth-order valence-electron chi connectivity index (χ4n) is 1.52. The van der Waals surface area contributed by atoms with Crippen molar-refractivity contribution in [3.63, 3.8) is 0 Å². The summed E-state index contributed by atoms with van der Waals surface area (Å²) in [6.45, 7) is 9.71. The third-order valence-electron chi connectivity index (χ3n) is 2.75. The lowest BCUT2D eigenvalue weighted by Crippen LogP contribution is -1.99. The van der Waals surface area contributed by atoms with E-state index < -0.39 is 21.8 Å². The number of rotatable bonds is 4. The van der Waals surface area contributed by atoms with Crippen molar-refractivity contribution >= 4 is 9.84 Å². The van der Waals surface area contributed by atoms with Crippen LogP contribution in [0.3, 0.4) is 0 Å². The first kappa shape index (κ1) is 22.2. The van der Waals surface area contributed by atoms with Crippen LogP contribution in [0.25, 0.3) is 11.4 Å². The Labute approximate surface area is 143 Å². The molecule has 0 bridgehead atoms. The molecule has 1 aromatic carbocycles. The van der Waals surface area contributed by atoms with Crippen LogP contribution in [0.15, 0.2) is 27.6 Å². The van der Waals surface area contributed by atoms with Gasteiger partial charge in [-0.05, 0) is 25.1 Å². The predicted octanol–water partition coefficient (Wildman–Crippen LogP) is 4.04. The maximum absolute atomic E-state index is 13.9. The highest BCUT2D eigenvalue weighted by atomic mass is 32.2. The van der Waals surface area contributed by atoms with Gasteiger partial charge in [0.15, 0.2) is 9.84 Å². The van der Waals surface area contributed by atoms with E-state index in [4.69, 9.17) is 9.26 Å². The van der Waals surface area contributed by atoms with E-state index >= 15 is 0 Å². The molecule has 0 aliphatic carbocycles. The predicted molar refractivity (Wildman–Crippen MR) is 90.9 cm³/mol. The van der Waals surface area contributed by atoms with Crippen LogP contribution in [0.4, 0.5) is 4.39 Å². The van der Waals surface area contributed by atoms with Crippen molar-refractivity contribution in [2.24, 2.45) is 0 Å². The number of nitrogens with zero attached hydrogens (tertiary/aromatic N) is 2. The molecule has 0 fully saturated rings. The van der Waals surface area contributed by atoms with Crippen LogP contribution in [0.1, 0.15) is 46.6 Å². The summed E-state index contributed by atoms with van der Waals surface area (Å²) in [6, 6.07) is 3.53. The average molecular weight is 360 g/mol. The molecular weight excluding hydrogens is 335 g/mol. The van der Waals surface area contributed by atoms with E-state index in [1.807, 2.05) is 27.7 Å². The third-order valence-corrected chi connectivity index (χ3v) is 3.86. The van der Waals surface area contributed by atoms with E-state index in [0.717, 1.165) is 12.3 Å². The number of halogens is 1. The van der Waals surface area contributed by atoms with Crippen molar-refractivity contribution in [3.05, 3.63) is 29.9 Å². The van der Waals surface area contributed by atoms with Gasteiger partial charge in [-0.1, -0.05) is 32.9 Å². The summed E-state index contributed by atoms with van der Waals surface area (Å²) in [5, 5.41) is 3.65. The van der Waals surface area contributed by atoms with Crippen molar-refractivity contribution in [3.8, 4) is 11.4 Å². The van der Waals surface area contributed by atoms with Gasteiger partial charge in [0.2, 0.25) is 5.82 Å². The molecule has 0 saturated heterocycles. The van der Waals surface area contributed by atoms with Gasteiger partial charge in [0, 0.05) is 13.4 Å². The van der Waals surface area contributed by atoms with Crippen LogP contribution in [0, 0.1) is 5.82 Å². The Hall–Kier alpha value is -1.80. The number of ether oxygens (including phenoxy) is 1. The molecule has 0 aliphatic rings. The second-order valence-corrected chi connectivity index (χ2v) is 6.26. The fourth-order valence-corrected chi connectivity index (χ4v) is 2.15. The third kappa shape index (κ3) is 5.68. The highest BCUT2D eigenvalue weighted by molar-refractivity contribution is 7.90. The standard InChI is InChI=1S/C12H13FN2O4S.2C2H6/c1-7(18-2)12-14-11(15-19-12)9-5-4-8(6-10(9)13)20(3,16)17;2*1-2/h4-7H,1-3H3;2*1-2H3.